The van der Waals surface area contributed by atoms with Crippen molar-refractivity contribution < 1.29 is 18.9 Å². The standard InChI is InChI=1S/C23H16N4O5/c28-20(15-4-1-6-18(12-15)25-23(29)21-8-3-11-32-21)10-9-17-14-24-26-22(17)16-5-2-7-19(13-16)27(30)31/h1-14H,(H,24,26)(H,25,29)/b10-9+. The summed E-state index contributed by atoms with van der Waals surface area (Å²) >= 11 is 0. The van der Waals surface area contributed by atoms with Crippen LogP contribution in [0.2, 0.25) is 0 Å². The normalized spacial score (nSPS) is 10.9. The van der Waals surface area contributed by atoms with E-state index in [9.17, 15) is 19.7 Å². The summed E-state index contributed by atoms with van der Waals surface area (Å²) in [5, 5.41) is 20.5. The number of carbonyl (C=O) groups is 2. The number of rotatable bonds is 7. The minimum atomic E-state index is -0.476. The van der Waals surface area contributed by atoms with Crippen LogP contribution in [0.4, 0.5) is 11.4 Å². The average molecular weight is 428 g/mol. The SMILES string of the molecule is O=C(/C=C/c1cn[nH]c1-c1cccc([N+](=O)[O-])c1)c1cccc(NC(=O)c2ccco2)c1. The summed E-state index contributed by atoms with van der Waals surface area (Å²) < 4.78 is 5.06. The Morgan fingerprint density at radius 3 is 2.72 bits per heavy atom. The number of hydrogen-bond donors (Lipinski definition) is 2. The van der Waals surface area contributed by atoms with Crippen molar-refractivity contribution in [2.45, 2.75) is 0 Å². The molecule has 0 saturated heterocycles. The second-order valence-corrected chi connectivity index (χ2v) is 6.72. The Morgan fingerprint density at radius 2 is 1.94 bits per heavy atom. The van der Waals surface area contributed by atoms with Crippen LogP contribution in [-0.4, -0.2) is 26.8 Å². The largest absolute Gasteiger partial charge is 0.459 e. The van der Waals surface area contributed by atoms with Gasteiger partial charge in [0.25, 0.3) is 11.6 Å². The minimum Gasteiger partial charge on any atom is -0.459 e. The van der Waals surface area contributed by atoms with Gasteiger partial charge in [0, 0.05) is 34.5 Å². The molecule has 2 N–H and O–H groups in total. The van der Waals surface area contributed by atoms with Crippen LogP contribution >= 0.6 is 0 Å². The van der Waals surface area contributed by atoms with Gasteiger partial charge in [0.2, 0.25) is 0 Å². The molecule has 0 spiro atoms. The van der Waals surface area contributed by atoms with Gasteiger partial charge in [0.1, 0.15) is 0 Å². The first-order valence-electron chi connectivity index (χ1n) is 9.47. The maximum atomic E-state index is 12.7. The van der Waals surface area contributed by atoms with Crippen LogP contribution in [0.1, 0.15) is 26.5 Å². The number of furan rings is 1. The van der Waals surface area contributed by atoms with E-state index in [4.69, 9.17) is 4.42 Å². The molecule has 4 aromatic rings. The lowest BCUT2D eigenvalue weighted by molar-refractivity contribution is -0.384. The third-order valence-corrected chi connectivity index (χ3v) is 4.58. The molecule has 0 aliphatic rings. The van der Waals surface area contributed by atoms with E-state index in [1.165, 1.54) is 36.7 Å². The number of allylic oxidation sites excluding steroid dienone is 1. The van der Waals surface area contributed by atoms with E-state index in [1.54, 1.807) is 48.5 Å². The smallest absolute Gasteiger partial charge is 0.291 e. The molecule has 158 valence electrons. The lowest BCUT2D eigenvalue weighted by Crippen LogP contribution is -2.11. The van der Waals surface area contributed by atoms with Gasteiger partial charge >= 0.3 is 0 Å². The van der Waals surface area contributed by atoms with E-state index in [1.807, 2.05) is 0 Å². The van der Waals surface area contributed by atoms with Crippen molar-refractivity contribution in [3.63, 3.8) is 0 Å². The van der Waals surface area contributed by atoms with Crippen LogP contribution < -0.4 is 5.32 Å². The van der Waals surface area contributed by atoms with Gasteiger partial charge in [0.15, 0.2) is 11.5 Å². The van der Waals surface area contributed by atoms with Crippen LogP contribution in [0, 0.1) is 10.1 Å². The molecule has 0 atom stereocenters. The molecule has 2 aromatic carbocycles. The van der Waals surface area contributed by atoms with E-state index >= 15 is 0 Å². The minimum absolute atomic E-state index is 0.0449. The second kappa shape index (κ2) is 8.92. The number of aromatic amines is 1. The van der Waals surface area contributed by atoms with E-state index in [0.717, 1.165) is 0 Å². The monoisotopic (exact) mass is 428 g/mol. The summed E-state index contributed by atoms with van der Waals surface area (Å²) in [5.74, 6) is -0.546. The Balaban J connectivity index is 1.51. The highest BCUT2D eigenvalue weighted by Gasteiger charge is 2.12. The van der Waals surface area contributed by atoms with Crippen molar-refractivity contribution in [1.82, 2.24) is 10.2 Å². The van der Waals surface area contributed by atoms with Gasteiger partial charge < -0.3 is 9.73 Å². The molecule has 0 radical (unpaired) electrons. The molecule has 0 bridgehead atoms. The van der Waals surface area contributed by atoms with Crippen molar-refractivity contribution in [3.05, 3.63) is 106 Å². The van der Waals surface area contributed by atoms with Gasteiger partial charge in [-0.15, -0.1) is 0 Å². The van der Waals surface area contributed by atoms with Crippen LogP contribution in [-0.2, 0) is 0 Å². The molecule has 0 saturated carbocycles. The van der Waals surface area contributed by atoms with Crippen LogP contribution in [0.15, 0.2) is 83.6 Å². The summed E-state index contributed by atoms with van der Waals surface area (Å²) in [6.45, 7) is 0. The Labute approximate surface area is 181 Å². The van der Waals surface area contributed by atoms with E-state index in [0.29, 0.717) is 28.1 Å². The van der Waals surface area contributed by atoms with Crippen molar-refractivity contribution in [1.29, 1.82) is 0 Å². The van der Waals surface area contributed by atoms with Gasteiger partial charge in [-0.1, -0.05) is 24.3 Å². The van der Waals surface area contributed by atoms with Crippen molar-refractivity contribution in [2.24, 2.45) is 0 Å². The van der Waals surface area contributed by atoms with Crippen LogP contribution in [0.25, 0.3) is 17.3 Å². The highest BCUT2D eigenvalue weighted by molar-refractivity contribution is 6.08. The fourth-order valence-electron chi connectivity index (χ4n) is 3.04. The number of aromatic nitrogens is 2. The molecule has 0 unspecified atom stereocenters. The molecule has 0 aliphatic carbocycles. The van der Waals surface area contributed by atoms with Crippen molar-refractivity contribution in [3.8, 4) is 11.3 Å². The number of carbonyl (C=O) groups excluding carboxylic acids is 2. The number of nitro groups is 1. The number of benzene rings is 2. The zero-order valence-corrected chi connectivity index (χ0v) is 16.5. The molecule has 0 aliphatic heterocycles. The summed E-state index contributed by atoms with van der Waals surface area (Å²) in [6, 6.07) is 15.8. The second-order valence-electron chi connectivity index (χ2n) is 6.72. The molecular weight excluding hydrogens is 412 g/mol. The van der Waals surface area contributed by atoms with Gasteiger partial charge in [-0.05, 0) is 36.4 Å². The Kier molecular flexibility index (Phi) is 5.71. The van der Waals surface area contributed by atoms with E-state index in [-0.39, 0.29) is 17.2 Å². The fraction of sp³-hybridized carbons (Fsp3) is 0. The zero-order chi connectivity index (χ0) is 22.5. The van der Waals surface area contributed by atoms with Gasteiger partial charge in [-0.3, -0.25) is 24.8 Å². The number of nitro benzene ring substituents is 1. The van der Waals surface area contributed by atoms with Crippen molar-refractivity contribution >= 4 is 29.1 Å². The zero-order valence-electron chi connectivity index (χ0n) is 16.5. The Hall–Kier alpha value is -4.79. The molecular formula is C23H16N4O5. The molecule has 9 nitrogen and oxygen atoms in total. The van der Waals surface area contributed by atoms with Crippen LogP contribution in [0.3, 0.4) is 0 Å². The lowest BCUT2D eigenvalue weighted by Gasteiger charge is -2.04. The summed E-state index contributed by atoms with van der Waals surface area (Å²) in [5.41, 5.74) is 2.51. The highest BCUT2D eigenvalue weighted by atomic mass is 16.6. The average Bonchev–Trinajstić information content (AvgIpc) is 3.50. The fourth-order valence-corrected chi connectivity index (χ4v) is 3.04. The number of H-pyrrole nitrogens is 1. The van der Waals surface area contributed by atoms with E-state index in [2.05, 4.69) is 15.5 Å². The molecule has 1 amide bonds. The molecule has 2 heterocycles. The molecule has 32 heavy (non-hydrogen) atoms. The number of ketones is 1. The van der Waals surface area contributed by atoms with Gasteiger partial charge in [0.05, 0.1) is 23.1 Å². The quantitative estimate of drug-likeness (QED) is 0.189. The first-order chi connectivity index (χ1) is 15.5. The summed E-state index contributed by atoms with van der Waals surface area (Å²) in [7, 11) is 0. The number of amides is 1. The first-order valence-corrected chi connectivity index (χ1v) is 9.47. The maximum Gasteiger partial charge on any atom is 0.291 e. The summed E-state index contributed by atoms with van der Waals surface area (Å²) in [6.07, 6.45) is 5.88. The highest BCUT2D eigenvalue weighted by Crippen LogP contribution is 2.26. The van der Waals surface area contributed by atoms with E-state index < -0.39 is 10.8 Å². The topological polar surface area (TPSA) is 131 Å². The van der Waals surface area contributed by atoms with Gasteiger partial charge in [-0.2, -0.15) is 5.10 Å². The third-order valence-electron chi connectivity index (χ3n) is 4.58. The number of nitrogens with one attached hydrogen (secondary N) is 2. The predicted molar refractivity (Wildman–Crippen MR) is 117 cm³/mol. The lowest BCUT2D eigenvalue weighted by atomic mass is 10.1. The van der Waals surface area contributed by atoms with Gasteiger partial charge in [-0.25, -0.2) is 0 Å². The molecule has 9 heteroatoms. The summed E-state index contributed by atoms with van der Waals surface area (Å²) in [4.78, 5) is 35.3. The molecule has 2 aromatic heterocycles. The predicted octanol–water partition coefficient (Wildman–Crippen LogP) is 4.73. The first kappa shape index (κ1) is 20.5. The molecule has 0 fully saturated rings. The molecule has 4 rings (SSSR count). The number of non-ortho nitro benzene ring substituents is 1. The number of anilines is 1. The van der Waals surface area contributed by atoms with Crippen LogP contribution in [0.5, 0.6) is 0 Å². The Morgan fingerprint density at radius 1 is 1.09 bits per heavy atom. The third kappa shape index (κ3) is 4.51. The van der Waals surface area contributed by atoms with Crippen molar-refractivity contribution in [2.75, 3.05) is 5.32 Å². The Bertz CT molecular complexity index is 1320. The number of hydrogen-bond acceptors (Lipinski definition) is 6. The maximum absolute atomic E-state index is 12.7. The number of nitrogens with zero attached hydrogens (tertiary/aromatic N) is 2.